The van der Waals surface area contributed by atoms with E-state index in [9.17, 15) is 4.79 Å². The molecular formula is C14H19NO3. The van der Waals surface area contributed by atoms with Crippen molar-refractivity contribution in [3.63, 3.8) is 0 Å². The van der Waals surface area contributed by atoms with E-state index >= 15 is 0 Å². The molecule has 1 aromatic rings. The summed E-state index contributed by atoms with van der Waals surface area (Å²) in [5.41, 5.74) is 1.57. The number of hydrogen-bond donors (Lipinski definition) is 0. The molecule has 0 saturated carbocycles. The van der Waals surface area contributed by atoms with Gasteiger partial charge in [0.1, 0.15) is 5.75 Å². The van der Waals surface area contributed by atoms with Crippen molar-refractivity contribution in [2.24, 2.45) is 0 Å². The number of anilines is 1. The first-order valence-electron chi connectivity index (χ1n) is 6.25. The average molecular weight is 249 g/mol. The number of benzene rings is 1. The molecule has 4 nitrogen and oxygen atoms in total. The van der Waals surface area contributed by atoms with Crippen molar-refractivity contribution in [2.75, 3.05) is 25.1 Å². The molecule has 1 heterocycles. The molecular weight excluding hydrogens is 230 g/mol. The second-order valence-corrected chi connectivity index (χ2v) is 4.71. The molecule has 1 aliphatic rings. The molecule has 2 rings (SSSR count). The number of hydrogen-bond acceptors (Lipinski definition) is 4. The summed E-state index contributed by atoms with van der Waals surface area (Å²) in [6, 6.07) is 5.57. The Balaban J connectivity index is 2.31. The molecule has 0 N–H and O–H groups in total. The summed E-state index contributed by atoms with van der Waals surface area (Å²) >= 11 is 0. The Kier molecular flexibility index (Phi) is 3.75. The summed E-state index contributed by atoms with van der Waals surface area (Å²) in [5.74, 6) is 0.390. The third-order valence-electron chi connectivity index (χ3n) is 2.91. The average Bonchev–Trinajstić information content (AvgIpc) is 2.24. The molecule has 0 radical (unpaired) electrons. The Morgan fingerprint density at radius 2 is 2.00 bits per heavy atom. The minimum Gasteiger partial charge on any atom is -0.491 e. The number of carbonyl (C=O) groups is 1. The fraction of sp³-hybridized carbons (Fsp3) is 0.500. The van der Waals surface area contributed by atoms with Crippen LogP contribution in [0, 0.1) is 0 Å². The monoisotopic (exact) mass is 249 g/mol. The van der Waals surface area contributed by atoms with Gasteiger partial charge in [-0.2, -0.15) is 0 Å². The molecule has 0 aromatic heterocycles. The molecule has 0 aliphatic carbocycles. The zero-order valence-corrected chi connectivity index (χ0v) is 11.1. The minimum absolute atomic E-state index is 0.0853. The van der Waals surface area contributed by atoms with Gasteiger partial charge in [-0.15, -0.1) is 0 Å². The highest BCUT2D eigenvalue weighted by atomic mass is 16.5. The molecule has 1 saturated heterocycles. The number of rotatable bonds is 4. The summed E-state index contributed by atoms with van der Waals surface area (Å²) in [5, 5.41) is 0. The van der Waals surface area contributed by atoms with E-state index in [2.05, 4.69) is 4.90 Å². The highest BCUT2D eigenvalue weighted by Crippen LogP contribution is 2.28. The van der Waals surface area contributed by atoms with Crippen LogP contribution < -0.4 is 9.64 Å². The lowest BCUT2D eigenvalue weighted by atomic mass is 10.1. The van der Waals surface area contributed by atoms with Crippen LogP contribution >= 0.6 is 0 Å². The van der Waals surface area contributed by atoms with Gasteiger partial charge in [-0.3, -0.25) is 0 Å². The van der Waals surface area contributed by atoms with E-state index in [4.69, 9.17) is 9.47 Å². The van der Waals surface area contributed by atoms with Gasteiger partial charge in [0.15, 0.2) is 0 Å². The standard InChI is InChI=1S/C14H19NO3/c1-10(2)18-13-8-11(14(16)17-3)7-12(9-13)15-5-4-6-15/h7-10H,4-6H2,1-3H3. The summed E-state index contributed by atoms with van der Waals surface area (Å²) in [6.45, 7) is 6.00. The number of esters is 1. The van der Waals surface area contributed by atoms with E-state index in [1.807, 2.05) is 26.0 Å². The van der Waals surface area contributed by atoms with Gasteiger partial charge in [0.25, 0.3) is 0 Å². The van der Waals surface area contributed by atoms with Crippen molar-refractivity contribution in [1.82, 2.24) is 0 Å². The smallest absolute Gasteiger partial charge is 0.338 e. The van der Waals surface area contributed by atoms with Gasteiger partial charge in [-0.05, 0) is 32.4 Å². The number of nitrogens with zero attached hydrogens (tertiary/aromatic N) is 1. The molecule has 1 aliphatic heterocycles. The van der Waals surface area contributed by atoms with E-state index in [0.717, 1.165) is 24.5 Å². The third kappa shape index (κ3) is 2.75. The Bertz CT molecular complexity index is 439. The summed E-state index contributed by atoms with van der Waals surface area (Å²) in [4.78, 5) is 13.9. The van der Waals surface area contributed by atoms with Gasteiger partial charge >= 0.3 is 5.97 Å². The van der Waals surface area contributed by atoms with Crippen LogP contribution in [0.4, 0.5) is 5.69 Å². The van der Waals surface area contributed by atoms with Crippen LogP contribution in [-0.2, 0) is 4.74 Å². The van der Waals surface area contributed by atoms with Gasteiger partial charge in [0.05, 0.1) is 18.8 Å². The second kappa shape index (κ2) is 5.29. The molecule has 4 heteroatoms. The Labute approximate surface area is 107 Å². The van der Waals surface area contributed by atoms with Crippen LogP contribution in [0.15, 0.2) is 18.2 Å². The molecule has 18 heavy (non-hydrogen) atoms. The van der Waals surface area contributed by atoms with Gasteiger partial charge in [0, 0.05) is 24.8 Å². The molecule has 0 bridgehead atoms. The molecule has 0 atom stereocenters. The van der Waals surface area contributed by atoms with Crippen LogP contribution in [-0.4, -0.2) is 32.3 Å². The zero-order valence-electron chi connectivity index (χ0n) is 11.1. The summed E-state index contributed by atoms with van der Waals surface area (Å²) < 4.78 is 10.4. The molecule has 98 valence electrons. The third-order valence-corrected chi connectivity index (χ3v) is 2.91. The SMILES string of the molecule is COC(=O)c1cc(OC(C)C)cc(N2CCC2)c1. The first-order valence-corrected chi connectivity index (χ1v) is 6.25. The van der Waals surface area contributed by atoms with Crippen molar-refractivity contribution >= 4 is 11.7 Å². The highest BCUT2D eigenvalue weighted by Gasteiger charge is 2.18. The van der Waals surface area contributed by atoms with E-state index in [1.54, 1.807) is 6.07 Å². The quantitative estimate of drug-likeness (QED) is 0.768. The topological polar surface area (TPSA) is 38.8 Å². The summed E-state index contributed by atoms with van der Waals surface area (Å²) in [7, 11) is 1.39. The predicted octanol–water partition coefficient (Wildman–Crippen LogP) is 2.47. The molecule has 1 fully saturated rings. The van der Waals surface area contributed by atoms with Crippen molar-refractivity contribution in [3.05, 3.63) is 23.8 Å². The number of methoxy groups -OCH3 is 1. The van der Waals surface area contributed by atoms with Crippen molar-refractivity contribution in [1.29, 1.82) is 0 Å². The molecule has 0 spiro atoms. The molecule has 0 amide bonds. The second-order valence-electron chi connectivity index (χ2n) is 4.71. The van der Waals surface area contributed by atoms with E-state index < -0.39 is 0 Å². The van der Waals surface area contributed by atoms with Gasteiger partial charge in [-0.1, -0.05) is 0 Å². The van der Waals surface area contributed by atoms with Gasteiger partial charge in [0.2, 0.25) is 0 Å². The Hall–Kier alpha value is -1.71. The van der Waals surface area contributed by atoms with Crippen molar-refractivity contribution in [3.8, 4) is 5.75 Å². The lowest BCUT2D eigenvalue weighted by molar-refractivity contribution is 0.0600. The normalized spacial score (nSPS) is 14.3. The fourth-order valence-corrected chi connectivity index (χ4v) is 1.92. The molecule has 1 aromatic carbocycles. The predicted molar refractivity (Wildman–Crippen MR) is 70.4 cm³/mol. The van der Waals surface area contributed by atoms with Crippen LogP contribution in [0.25, 0.3) is 0 Å². The largest absolute Gasteiger partial charge is 0.491 e. The summed E-state index contributed by atoms with van der Waals surface area (Å²) in [6.07, 6.45) is 1.28. The van der Waals surface area contributed by atoms with Crippen molar-refractivity contribution in [2.45, 2.75) is 26.4 Å². The lowest BCUT2D eigenvalue weighted by Gasteiger charge is -2.33. The zero-order chi connectivity index (χ0) is 13.1. The highest BCUT2D eigenvalue weighted by molar-refractivity contribution is 5.91. The first kappa shape index (κ1) is 12.7. The first-order chi connectivity index (χ1) is 8.60. The van der Waals surface area contributed by atoms with E-state index in [1.165, 1.54) is 13.5 Å². The van der Waals surface area contributed by atoms with Gasteiger partial charge < -0.3 is 14.4 Å². The fourth-order valence-electron chi connectivity index (χ4n) is 1.92. The van der Waals surface area contributed by atoms with Crippen LogP contribution in [0.2, 0.25) is 0 Å². The van der Waals surface area contributed by atoms with E-state index in [-0.39, 0.29) is 12.1 Å². The lowest BCUT2D eigenvalue weighted by Crippen LogP contribution is -2.37. The van der Waals surface area contributed by atoms with Gasteiger partial charge in [-0.25, -0.2) is 4.79 Å². The molecule has 0 unspecified atom stereocenters. The van der Waals surface area contributed by atoms with Crippen LogP contribution in [0.5, 0.6) is 5.75 Å². The number of carbonyl (C=O) groups excluding carboxylic acids is 1. The van der Waals surface area contributed by atoms with Crippen LogP contribution in [0.3, 0.4) is 0 Å². The van der Waals surface area contributed by atoms with Crippen molar-refractivity contribution < 1.29 is 14.3 Å². The van der Waals surface area contributed by atoms with Crippen LogP contribution in [0.1, 0.15) is 30.6 Å². The minimum atomic E-state index is -0.328. The van der Waals surface area contributed by atoms with E-state index in [0.29, 0.717) is 5.56 Å². The maximum Gasteiger partial charge on any atom is 0.338 e. The number of ether oxygens (including phenoxy) is 2. The Morgan fingerprint density at radius 1 is 1.28 bits per heavy atom. The Morgan fingerprint density at radius 3 is 2.50 bits per heavy atom. The maximum atomic E-state index is 11.6. The maximum absolute atomic E-state index is 11.6.